The highest BCUT2D eigenvalue weighted by Crippen LogP contribution is 2.28. The van der Waals surface area contributed by atoms with E-state index in [2.05, 4.69) is 5.32 Å². The number of aliphatic hydroxyl groups excluding tert-OH is 1. The second-order valence-electron chi connectivity index (χ2n) is 8.21. The van der Waals surface area contributed by atoms with Gasteiger partial charge in [0, 0.05) is 18.8 Å². The predicted molar refractivity (Wildman–Crippen MR) is 145 cm³/mol. The van der Waals surface area contributed by atoms with E-state index in [0.717, 1.165) is 23.4 Å². The molecule has 0 bridgehead atoms. The van der Waals surface area contributed by atoms with Crippen LogP contribution in [0.15, 0.2) is 78.4 Å². The number of anilines is 2. The Bertz CT molecular complexity index is 1310. The van der Waals surface area contributed by atoms with Gasteiger partial charge in [0.25, 0.3) is 11.8 Å². The van der Waals surface area contributed by atoms with Crippen molar-refractivity contribution in [3.8, 4) is 11.5 Å². The van der Waals surface area contributed by atoms with Gasteiger partial charge < -0.3 is 14.7 Å². The molecule has 3 aromatic rings. The molecule has 7 nitrogen and oxygen atoms in total. The van der Waals surface area contributed by atoms with Gasteiger partial charge in [0.05, 0.1) is 12.3 Å². The first-order valence-electron chi connectivity index (χ1n) is 11.6. The summed E-state index contributed by atoms with van der Waals surface area (Å²) in [5.41, 5.74) is 3.12. The quantitative estimate of drug-likeness (QED) is 0.270. The fourth-order valence-electron chi connectivity index (χ4n) is 3.94. The normalized spacial score (nSPS) is 14.7. The molecule has 0 radical (unpaired) electrons. The number of amides is 2. The van der Waals surface area contributed by atoms with E-state index >= 15 is 0 Å². The highest BCUT2D eigenvalue weighted by molar-refractivity contribution is 7.80. The molecule has 4 rings (SSSR count). The summed E-state index contributed by atoms with van der Waals surface area (Å²) in [6.07, 6.45) is 1.58. The molecule has 0 unspecified atom stereocenters. The molecule has 2 amide bonds. The number of hydrogen-bond acceptors (Lipinski definition) is 6. The number of thiocarbonyl (C=S) groups is 1. The van der Waals surface area contributed by atoms with E-state index in [9.17, 15) is 14.7 Å². The lowest BCUT2D eigenvalue weighted by atomic mass is 10.0. The molecular weight excluding hydrogens is 474 g/mol. The molecule has 0 atom stereocenters. The standard InChI is InChI=1S/C28H27N3O4S/c1-3-30(15-16-32)22-10-9-20(19(2)17-22)18-25-26(33)29-28(36)31(27(25)34)21-11-13-24(14-12-21)35-23-7-5-4-6-8-23/h4-14,17-18,32H,3,15-16H2,1-2H3,(H,29,33,36)/b25-18+. The lowest BCUT2D eigenvalue weighted by Crippen LogP contribution is -2.54. The van der Waals surface area contributed by atoms with Crippen molar-refractivity contribution in [2.45, 2.75) is 13.8 Å². The number of nitrogens with zero attached hydrogens (tertiary/aromatic N) is 2. The zero-order valence-corrected chi connectivity index (χ0v) is 20.9. The van der Waals surface area contributed by atoms with Gasteiger partial charge in [-0.2, -0.15) is 0 Å². The van der Waals surface area contributed by atoms with Crippen molar-refractivity contribution in [2.75, 3.05) is 29.5 Å². The number of carbonyl (C=O) groups is 2. The SMILES string of the molecule is CCN(CCO)c1ccc(/C=C2\C(=O)NC(=S)N(c3ccc(Oc4ccccc4)cc3)C2=O)c(C)c1. The molecular formula is C28H27N3O4S. The Hall–Kier alpha value is -4.01. The number of aryl methyl sites for hydroxylation is 1. The van der Waals surface area contributed by atoms with Gasteiger partial charge in [0.15, 0.2) is 5.11 Å². The molecule has 8 heteroatoms. The van der Waals surface area contributed by atoms with Crippen molar-refractivity contribution in [1.29, 1.82) is 0 Å². The first kappa shape index (κ1) is 25.1. The first-order valence-corrected chi connectivity index (χ1v) is 12.0. The van der Waals surface area contributed by atoms with E-state index in [1.165, 1.54) is 4.90 Å². The minimum atomic E-state index is -0.538. The Labute approximate surface area is 215 Å². The minimum Gasteiger partial charge on any atom is -0.457 e. The van der Waals surface area contributed by atoms with Crippen LogP contribution in [0.5, 0.6) is 11.5 Å². The van der Waals surface area contributed by atoms with Gasteiger partial charge in [-0.15, -0.1) is 0 Å². The lowest BCUT2D eigenvalue weighted by Gasteiger charge is -2.29. The van der Waals surface area contributed by atoms with Crippen LogP contribution in [0, 0.1) is 6.92 Å². The zero-order chi connectivity index (χ0) is 25.7. The summed E-state index contributed by atoms with van der Waals surface area (Å²) in [6.45, 7) is 5.27. The van der Waals surface area contributed by atoms with E-state index in [1.807, 2.05) is 67.3 Å². The van der Waals surface area contributed by atoms with Crippen molar-refractivity contribution in [3.63, 3.8) is 0 Å². The third kappa shape index (κ3) is 5.45. The van der Waals surface area contributed by atoms with Crippen LogP contribution in [0.4, 0.5) is 11.4 Å². The molecule has 1 aliphatic heterocycles. The Kier molecular flexibility index (Phi) is 7.77. The number of ether oxygens (including phenoxy) is 1. The second kappa shape index (κ2) is 11.2. The smallest absolute Gasteiger partial charge is 0.270 e. The van der Waals surface area contributed by atoms with E-state index in [4.69, 9.17) is 17.0 Å². The summed E-state index contributed by atoms with van der Waals surface area (Å²) in [7, 11) is 0. The van der Waals surface area contributed by atoms with Crippen LogP contribution in [0.1, 0.15) is 18.1 Å². The zero-order valence-electron chi connectivity index (χ0n) is 20.1. The highest BCUT2D eigenvalue weighted by atomic mass is 32.1. The second-order valence-corrected chi connectivity index (χ2v) is 8.60. The van der Waals surface area contributed by atoms with Crippen molar-refractivity contribution in [2.24, 2.45) is 0 Å². The number of benzene rings is 3. The molecule has 0 spiro atoms. The summed E-state index contributed by atoms with van der Waals surface area (Å²) >= 11 is 5.32. The van der Waals surface area contributed by atoms with Crippen molar-refractivity contribution in [1.82, 2.24) is 5.32 Å². The largest absolute Gasteiger partial charge is 0.457 e. The summed E-state index contributed by atoms with van der Waals surface area (Å²) in [5, 5.41) is 11.9. The maximum absolute atomic E-state index is 13.4. The van der Waals surface area contributed by atoms with Crippen LogP contribution in [-0.2, 0) is 9.59 Å². The fourth-order valence-corrected chi connectivity index (χ4v) is 4.23. The Morgan fingerprint density at radius 3 is 2.36 bits per heavy atom. The van der Waals surface area contributed by atoms with Gasteiger partial charge in [0.2, 0.25) is 0 Å². The molecule has 1 fully saturated rings. The number of para-hydroxylation sites is 1. The van der Waals surface area contributed by atoms with Crippen LogP contribution >= 0.6 is 12.2 Å². The molecule has 0 saturated carbocycles. The third-order valence-corrected chi connectivity index (χ3v) is 6.13. The monoisotopic (exact) mass is 501 g/mol. The lowest BCUT2D eigenvalue weighted by molar-refractivity contribution is -0.122. The molecule has 1 saturated heterocycles. The summed E-state index contributed by atoms with van der Waals surface area (Å²) in [4.78, 5) is 29.4. The summed E-state index contributed by atoms with van der Waals surface area (Å²) < 4.78 is 5.82. The van der Waals surface area contributed by atoms with Gasteiger partial charge in [-0.25, -0.2) is 0 Å². The summed E-state index contributed by atoms with van der Waals surface area (Å²) in [6, 6.07) is 22.1. The van der Waals surface area contributed by atoms with Crippen LogP contribution in [0.25, 0.3) is 6.08 Å². The number of hydrogen-bond donors (Lipinski definition) is 2. The Morgan fingerprint density at radius 1 is 1.03 bits per heavy atom. The van der Waals surface area contributed by atoms with E-state index in [0.29, 0.717) is 23.7 Å². The average Bonchev–Trinajstić information content (AvgIpc) is 2.87. The number of aliphatic hydroxyl groups is 1. The molecule has 2 N–H and O–H groups in total. The third-order valence-electron chi connectivity index (χ3n) is 5.85. The molecule has 36 heavy (non-hydrogen) atoms. The van der Waals surface area contributed by atoms with Crippen molar-refractivity contribution < 1.29 is 19.4 Å². The molecule has 0 aliphatic carbocycles. The topological polar surface area (TPSA) is 82.1 Å². The Balaban J connectivity index is 1.58. The van der Waals surface area contributed by atoms with Gasteiger partial charge in [-0.3, -0.25) is 19.8 Å². The maximum Gasteiger partial charge on any atom is 0.270 e. The van der Waals surface area contributed by atoms with Crippen molar-refractivity contribution >= 4 is 46.6 Å². The maximum atomic E-state index is 13.4. The van der Waals surface area contributed by atoms with Gasteiger partial charge in [-0.05, 0) is 91.8 Å². The van der Waals surface area contributed by atoms with Gasteiger partial charge in [0.1, 0.15) is 17.1 Å². The van der Waals surface area contributed by atoms with E-state index in [-0.39, 0.29) is 17.3 Å². The molecule has 1 aliphatic rings. The molecule has 3 aromatic carbocycles. The Morgan fingerprint density at radius 2 is 1.72 bits per heavy atom. The number of carbonyl (C=O) groups excluding carboxylic acids is 2. The molecule has 1 heterocycles. The predicted octanol–water partition coefficient (Wildman–Crippen LogP) is 4.44. The van der Waals surface area contributed by atoms with Crippen LogP contribution in [0.2, 0.25) is 0 Å². The number of likely N-dealkylation sites (N-methyl/N-ethyl adjacent to an activating group) is 1. The van der Waals surface area contributed by atoms with E-state index in [1.54, 1.807) is 30.3 Å². The average molecular weight is 502 g/mol. The fraction of sp³-hybridized carbons (Fsp3) is 0.179. The summed E-state index contributed by atoms with van der Waals surface area (Å²) in [5.74, 6) is 0.272. The van der Waals surface area contributed by atoms with Crippen LogP contribution in [0.3, 0.4) is 0 Å². The number of nitrogens with one attached hydrogen (secondary N) is 1. The van der Waals surface area contributed by atoms with Crippen molar-refractivity contribution in [3.05, 3.63) is 89.5 Å². The van der Waals surface area contributed by atoms with E-state index < -0.39 is 11.8 Å². The van der Waals surface area contributed by atoms with Crippen LogP contribution < -0.4 is 19.9 Å². The molecule has 184 valence electrons. The molecule has 0 aromatic heterocycles. The van der Waals surface area contributed by atoms with Gasteiger partial charge in [-0.1, -0.05) is 24.3 Å². The minimum absolute atomic E-state index is 0.00762. The van der Waals surface area contributed by atoms with Gasteiger partial charge >= 0.3 is 0 Å². The highest BCUT2D eigenvalue weighted by Gasteiger charge is 2.34. The van der Waals surface area contributed by atoms with Crippen LogP contribution in [-0.4, -0.2) is 41.7 Å². The first-order chi connectivity index (χ1) is 17.4. The number of rotatable bonds is 8.